The van der Waals surface area contributed by atoms with Crippen molar-refractivity contribution in [3.8, 4) is 22.9 Å². The fourth-order valence-electron chi connectivity index (χ4n) is 7.33. The van der Waals surface area contributed by atoms with Gasteiger partial charge in [0, 0.05) is 61.2 Å². The Bertz CT molecular complexity index is 1690. The van der Waals surface area contributed by atoms with Crippen molar-refractivity contribution in [3.05, 3.63) is 53.3 Å². The first-order valence-corrected chi connectivity index (χ1v) is 16.6. The lowest BCUT2D eigenvalue weighted by Gasteiger charge is -2.34. The SMILES string of the molecule is CC(COc1nc(N2CC3CCC(C2)N3)c2cc(Cl)c(-c3cc(O)cc4ccccc34)c(F)c2n1)CN(C)C1CCCCOC1. The predicted molar refractivity (Wildman–Crippen MR) is 177 cm³/mol. The third kappa shape index (κ3) is 6.28. The second kappa shape index (κ2) is 12.9. The number of aromatic hydroxyl groups is 1. The maximum atomic E-state index is 16.8. The number of nitrogens with zero attached hydrogens (tertiary/aromatic N) is 4. The molecule has 0 spiro atoms. The van der Waals surface area contributed by atoms with Crippen LogP contribution >= 0.6 is 11.6 Å². The van der Waals surface area contributed by atoms with Gasteiger partial charge in [0.05, 0.1) is 18.2 Å². The van der Waals surface area contributed by atoms with Gasteiger partial charge in [0.25, 0.3) is 0 Å². The van der Waals surface area contributed by atoms with Crippen molar-refractivity contribution in [1.29, 1.82) is 0 Å². The number of phenols is 1. The Kier molecular flexibility index (Phi) is 8.70. The van der Waals surface area contributed by atoms with Crippen LogP contribution in [0.5, 0.6) is 11.8 Å². The number of nitrogens with one attached hydrogen (secondary N) is 1. The van der Waals surface area contributed by atoms with Crippen molar-refractivity contribution in [2.75, 3.05) is 51.4 Å². The van der Waals surface area contributed by atoms with E-state index in [-0.39, 0.29) is 33.8 Å². The minimum absolute atomic E-state index is 0.0392. The van der Waals surface area contributed by atoms with Gasteiger partial charge in [0.2, 0.25) is 0 Å². The smallest absolute Gasteiger partial charge is 0.319 e. The molecule has 0 radical (unpaired) electrons. The average Bonchev–Trinajstić information content (AvgIpc) is 3.19. The predicted octanol–water partition coefficient (Wildman–Crippen LogP) is 6.40. The Labute approximate surface area is 268 Å². The van der Waals surface area contributed by atoms with Gasteiger partial charge in [0.15, 0.2) is 5.82 Å². The zero-order chi connectivity index (χ0) is 31.1. The summed E-state index contributed by atoms with van der Waals surface area (Å²) in [5, 5.41) is 16.6. The van der Waals surface area contributed by atoms with Crippen LogP contribution in [0.2, 0.25) is 5.02 Å². The molecule has 4 heterocycles. The molecule has 2 N–H and O–H groups in total. The minimum Gasteiger partial charge on any atom is -0.508 e. The highest BCUT2D eigenvalue weighted by Gasteiger charge is 2.34. The lowest BCUT2D eigenvalue weighted by atomic mass is 9.96. The number of hydrogen-bond acceptors (Lipinski definition) is 8. The van der Waals surface area contributed by atoms with Gasteiger partial charge in [-0.3, -0.25) is 0 Å². The largest absolute Gasteiger partial charge is 0.508 e. The van der Waals surface area contributed by atoms with Gasteiger partial charge in [-0.15, -0.1) is 0 Å². The number of fused-ring (bicyclic) bond motifs is 4. The highest BCUT2D eigenvalue weighted by Crippen LogP contribution is 2.43. The van der Waals surface area contributed by atoms with Crippen LogP contribution in [0.15, 0.2) is 42.5 Å². The van der Waals surface area contributed by atoms with Gasteiger partial charge in [0.1, 0.15) is 17.1 Å². The fourth-order valence-corrected chi connectivity index (χ4v) is 7.62. The van der Waals surface area contributed by atoms with Crippen molar-refractivity contribution in [2.24, 2.45) is 5.92 Å². The van der Waals surface area contributed by atoms with Crippen molar-refractivity contribution in [2.45, 2.75) is 57.2 Å². The molecule has 0 saturated carbocycles. The van der Waals surface area contributed by atoms with E-state index in [2.05, 4.69) is 34.1 Å². The van der Waals surface area contributed by atoms with E-state index in [1.807, 2.05) is 24.3 Å². The maximum absolute atomic E-state index is 16.8. The molecule has 3 aliphatic rings. The van der Waals surface area contributed by atoms with E-state index in [9.17, 15) is 5.11 Å². The summed E-state index contributed by atoms with van der Waals surface area (Å²) in [5.74, 6) is 0.320. The number of hydrogen-bond donors (Lipinski definition) is 2. The van der Waals surface area contributed by atoms with Crippen molar-refractivity contribution in [3.63, 3.8) is 0 Å². The van der Waals surface area contributed by atoms with Gasteiger partial charge < -0.3 is 29.7 Å². The molecule has 7 rings (SSSR count). The Morgan fingerprint density at radius 2 is 1.91 bits per heavy atom. The Hall–Kier alpha value is -3.24. The van der Waals surface area contributed by atoms with Gasteiger partial charge in [-0.05, 0) is 73.7 Å². The van der Waals surface area contributed by atoms with Gasteiger partial charge in [-0.1, -0.05) is 42.8 Å². The fraction of sp³-hybridized carbons (Fsp3) is 0.486. The van der Waals surface area contributed by atoms with Crippen LogP contribution in [0, 0.1) is 11.7 Å². The summed E-state index contributed by atoms with van der Waals surface area (Å²) in [4.78, 5) is 14.1. The van der Waals surface area contributed by atoms with E-state index in [1.54, 1.807) is 18.2 Å². The highest BCUT2D eigenvalue weighted by molar-refractivity contribution is 6.35. The van der Waals surface area contributed by atoms with Crippen LogP contribution < -0.4 is 15.0 Å². The van der Waals surface area contributed by atoms with E-state index in [1.165, 1.54) is 6.42 Å². The summed E-state index contributed by atoms with van der Waals surface area (Å²) in [5.41, 5.74) is 0.873. The Morgan fingerprint density at radius 1 is 1.11 bits per heavy atom. The molecular weight excluding hydrogens is 593 g/mol. The zero-order valence-corrected chi connectivity index (χ0v) is 26.7. The van der Waals surface area contributed by atoms with Crippen LogP contribution in [0.3, 0.4) is 0 Å². The number of likely N-dealkylation sites (N-methyl/N-ethyl adjacent to an activating group) is 1. The normalized spacial score (nSPS) is 22.7. The van der Waals surface area contributed by atoms with Gasteiger partial charge >= 0.3 is 6.01 Å². The lowest BCUT2D eigenvalue weighted by molar-refractivity contribution is 0.0741. The first-order chi connectivity index (χ1) is 21.8. The maximum Gasteiger partial charge on any atom is 0.319 e. The molecule has 1 aromatic heterocycles. The van der Waals surface area contributed by atoms with Crippen LogP contribution in [-0.4, -0.2) is 84.6 Å². The van der Waals surface area contributed by atoms with Crippen LogP contribution in [0.1, 0.15) is 39.0 Å². The Balaban J connectivity index is 1.25. The number of aromatic nitrogens is 2. The summed E-state index contributed by atoms with van der Waals surface area (Å²) in [6, 6.07) is 13.8. The van der Waals surface area contributed by atoms with Crippen LogP contribution in [0.25, 0.3) is 32.8 Å². The van der Waals surface area contributed by atoms with Crippen molar-refractivity contribution >= 4 is 39.1 Å². The first kappa shape index (κ1) is 30.4. The van der Waals surface area contributed by atoms with E-state index >= 15 is 4.39 Å². The summed E-state index contributed by atoms with van der Waals surface area (Å²) in [7, 11) is 2.14. The summed E-state index contributed by atoms with van der Waals surface area (Å²) in [6.45, 7) is 6.52. The first-order valence-electron chi connectivity index (χ1n) is 16.2. The molecule has 3 fully saturated rings. The lowest BCUT2D eigenvalue weighted by Crippen LogP contribution is -2.51. The number of anilines is 1. The summed E-state index contributed by atoms with van der Waals surface area (Å²) in [6.07, 6.45) is 5.64. The summed E-state index contributed by atoms with van der Waals surface area (Å²) < 4.78 is 28.9. The Morgan fingerprint density at radius 3 is 2.73 bits per heavy atom. The molecule has 3 aliphatic heterocycles. The molecule has 8 nitrogen and oxygen atoms in total. The van der Waals surface area contributed by atoms with E-state index in [0.717, 1.165) is 69.3 Å². The number of halogens is 2. The molecule has 45 heavy (non-hydrogen) atoms. The van der Waals surface area contributed by atoms with Crippen molar-refractivity contribution < 1.29 is 19.0 Å². The molecule has 4 aromatic rings. The van der Waals surface area contributed by atoms with Crippen LogP contribution in [0.4, 0.5) is 10.2 Å². The molecule has 0 amide bonds. The minimum atomic E-state index is -0.555. The average molecular weight is 634 g/mol. The highest BCUT2D eigenvalue weighted by atomic mass is 35.5. The number of benzene rings is 3. The second-order valence-electron chi connectivity index (χ2n) is 13.1. The second-order valence-corrected chi connectivity index (χ2v) is 13.5. The molecule has 4 atom stereocenters. The number of piperazine rings is 1. The molecule has 3 aromatic carbocycles. The van der Waals surface area contributed by atoms with E-state index in [4.69, 9.17) is 26.1 Å². The van der Waals surface area contributed by atoms with Gasteiger partial charge in [-0.25, -0.2) is 4.39 Å². The third-order valence-electron chi connectivity index (χ3n) is 9.58. The molecule has 238 valence electrons. The van der Waals surface area contributed by atoms with E-state index < -0.39 is 5.82 Å². The standard InChI is InChI=1S/C35H41ClFN5O3/c1-21(16-41(2)25-8-5-6-12-44-20-25)19-45-35-39-33-29(34(40-35)42-17-23-10-11-24(18-42)38-23)15-30(36)31(32(33)37)28-14-26(43)13-22-7-3-4-9-27(22)28/h3-4,7,9,13-15,21,23-25,38,43H,5-6,8,10-12,16-20H2,1-2H3. The molecule has 3 saturated heterocycles. The van der Waals surface area contributed by atoms with E-state index in [0.29, 0.717) is 41.5 Å². The van der Waals surface area contributed by atoms with Crippen molar-refractivity contribution in [1.82, 2.24) is 20.2 Å². The summed E-state index contributed by atoms with van der Waals surface area (Å²) >= 11 is 6.89. The molecule has 4 unspecified atom stereocenters. The third-order valence-corrected chi connectivity index (χ3v) is 9.88. The van der Waals surface area contributed by atoms with Crippen LogP contribution in [-0.2, 0) is 4.74 Å². The topological polar surface area (TPSA) is 83.0 Å². The quantitative estimate of drug-likeness (QED) is 0.231. The number of ether oxygens (including phenoxy) is 2. The van der Waals surface area contributed by atoms with Gasteiger partial charge in [-0.2, -0.15) is 9.97 Å². The molecule has 0 aliphatic carbocycles. The number of rotatable bonds is 8. The molecule has 2 bridgehead atoms. The monoisotopic (exact) mass is 633 g/mol. The number of phenolic OH excluding ortho intramolecular Hbond substituents is 1. The molecular formula is C35H41ClFN5O3. The zero-order valence-electron chi connectivity index (χ0n) is 25.9. The molecule has 10 heteroatoms.